The summed E-state index contributed by atoms with van der Waals surface area (Å²) >= 11 is 18.4. The Morgan fingerprint density at radius 3 is 2.75 bits per heavy atom. The molecule has 0 bridgehead atoms. The molecular weight excluding hydrogens is 315 g/mol. The summed E-state index contributed by atoms with van der Waals surface area (Å²) in [5.74, 6) is 0. The Morgan fingerprint density at radius 2 is 1.95 bits per heavy atom. The van der Waals surface area contributed by atoms with Crippen LogP contribution in [-0.4, -0.2) is 30.1 Å². The van der Waals surface area contributed by atoms with Gasteiger partial charge in [0.1, 0.15) is 0 Å². The number of rotatable bonds is 3. The number of halogens is 3. The van der Waals surface area contributed by atoms with Gasteiger partial charge in [-0.3, -0.25) is 4.90 Å². The Kier molecular flexibility index (Phi) is 4.49. The van der Waals surface area contributed by atoms with Gasteiger partial charge in [0.05, 0.1) is 15.1 Å². The van der Waals surface area contributed by atoms with E-state index in [2.05, 4.69) is 17.1 Å². The van der Waals surface area contributed by atoms with Crippen molar-refractivity contribution in [3.05, 3.63) is 32.8 Å². The molecule has 0 amide bonds. The molecule has 0 spiro atoms. The van der Waals surface area contributed by atoms with Crippen LogP contribution in [0.25, 0.3) is 0 Å². The highest BCUT2D eigenvalue weighted by molar-refractivity contribution is 6.48. The monoisotopic (exact) mass is 332 g/mol. The molecule has 20 heavy (non-hydrogen) atoms. The Labute approximate surface area is 135 Å². The van der Waals surface area contributed by atoms with E-state index in [0.717, 1.165) is 5.56 Å². The lowest BCUT2D eigenvalue weighted by molar-refractivity contribution is 0.291. The van der Waals surface area contributed by atoms with E-state index in [1.54, 1.807) is 0 Å². The second-order valence-electron chi connectivity index (χ2n) is 5.79. The van der Waals surface area contributed by atoms with Crippen LogP contribution in [0.2, 0.25) is 15.1 Å². The van der Waals surface area contributed by atoms with E-state index in [1.807, 2.05) is 12.1 Å². The topological polar surface area (TPSA) is 15.3 Å². The van der Waals surface area contributed by atoms with Crippen molar-refractivity contribution < 1.29 is 0 Å². The summed E-state index contributed by atoms with van der Waals surface area (Å²) in [7, 11) is 0. The Morgan fingerprint density at radius 1 is 1.15 bits per heavy atom. The minimum Gasteiger partial charge on any atom is -0.306 e. The molecule has 0 saturated carbocycles. The van der Waals surface area contributed by atoms with Crippen LogP contribution < -0.4 is 5.32 Å². The maximum atomic E-state index is 6.32. The molecular formula is C15H19Cl3N2. The van der Waals surface area contributed by atoms with Crippen molar-refractivity contribution >= 4 is 34.8 Å². The van der Waals surface area contributed by atoms with E-state index in [4.69, 9.17) is 34.8 Å². The Balaban J connectivity index is 1.73. The molecule has 3 atom stereocenters. The third-order valence-electron chi connectivity index (χ3n) is 4.60. The van der Waals surface area contributed by atoms with Gasteiger partial charge in [0.15, 0.2) is 0 Å². The van der Waals surface area contributed by atoms with Gasteiger partial charge in [0.2, 0.25) is 0 Å². The first kappa shape index (κ1) is 14.9. The van der Waals surface area contributed by atoms with E-state index in [9.17, 15) is 0 Å². The van der Waals surface area contributed by atoms with Crippen LogP contribution in [0.15, 0.2) is 12.1 Å². The summed E-state index contributed by atoms with van der Waals surface area (Å²) in [5.41, 5.74) is 1.03. The van der Waals surface area contributed by atoms with Crippen LogP contribution in [0.5, 0.6) is 0 Å². The molecule has 1 aromatic carbocycles. The molecule has 3 unspecified atom stereocenters. The fourth-order valence-electron chi connectivity index (χ4n) is 3.56. The zero-order valence-electron chi connectivity index (χ0n) is 11.5. The van der Waals surface area contributed by atoms with Gasteiger partial charge >= 0.3 is 0 Å². The zero-order chi connectivity index (χ0) is 14.3. The van der Waals surface area contributed by atoms with Crippen molar-refractivity contribution in [2.45, 2.75) is 44.3 Å². The minimum absolute atomic E-state index is 0.183. The molecule has 2 aliphatic rings. The van der Waals surface area contributed by atoms with Gasteiger partial charge in [0.25, 0.3) is 0 Å². The normalized spacial score (nSPS) is 27.8. The van der Waals surface area contributed by atoms with Crippen molar-refractivity contribution in [2.24, 2.45) is 0 Å². The smallest absolute Gasteiger partial charge is 0.0781 e. The molecule has 0 aromatic heterocycles. The summed E-state index contributed by atoms with van der Waals surface area (Å²) < 4.78 is 0. The molecule has 2 nitrogen and oxygen atoms in total. The van der Waals surface area contributed by atoms with E-state index in [0.29, 0.717) is 27.2 Å². The lowest BCUT2D eigenvalue weighted by Gasteiger charge is -2.26. The summed E-state index contributed by atoms with van der Waals surface area (Å²) in [5, 5.41) is 5.26. The van der Waals surface area contributed by atoms with E-state index >= 15 is 0 Å². The van der Waals surface area contributed by atoms with Crippen LogP contribution in [0.3, 0.4) is 0 Å². The largest absolute Gasteiger partial charge is 0.306 e. The van der Waals surface area contributed by atoms with E-state index in [1.165, 1.54) is 32.4 Å². The third kappa shape index (κ3) is 2.69. The lowest BCUT2D eigenvalue weighted by Crippen LogP contribution is -2.40. The Hall–Kier alpha value is 0.01000. The minimum atomic E-state index is 0.183. The van der Waals surface area contributed by atoms with E-state index in [-0.39, 0.29) is 6.04 Å². The number of hydrogen-bond donors (Lipinski definition) is 1. The summed E-state index contributed by atoms with van der Waals surface area (Å²) in [6, 6.07) is 5.22. The van der Waals surface area contributed by atoms with Crippen molar-refractivity contribution in [3.63, 3.8) is 0 Å². The van der Waals surface area contributed by atoms with Gasteiger partial charge in [0, 0.05) is 24.7 Å². The first-order valence-corrected chi connectivity index (χ1v) is 8.35. The number of fused-ring (bicyclic) bond motifs is 1. The molecule has 5 heteroatoms. The van der Waals surface area contributed by atoms with Crippen molar-refractivity contribution in [1.82, 2.24) is 10.2 Å². The molecule has 2 fully saturated rings. The second-order valence-corrected chi connectivity index (χ2v) is 6.96. The first-order valence-electron chi connectivity index (χ1n) is 7.21. The van der Waals surface area contributed by atoms with E-state index < -0.39 is 0 Å². The summed E-state index contributed by atoms with van der Waals surface area (Å²) in [6.45, 7) is 4.61. The van der Waals surface area contributed by atoms with Gasteiger partial charge in [-0.1, -0.05) is 40.9 Å². The van der Waals surface area contributed by atoms with Crippen LogP contribution >= 0.6 is 34.8 Å². The standard InChI is InChI=1S/C15H19Cl3N2/c1-9(10-4-5-11(16)15(18)14(10)17)19-12-6-8-20-7-2-3-13(12)20/h4-5,9,12-13,19H,2-3,6-8H2,1H3. The Bertz CT molecular complexity index is 506. The molecule has 0 aliphatic carbocycles. The molecule has 0 radical (unpaired) electrons. The highest BCUT2D eigenvalue weighted by atomic mass is 35.5. The summed E-state index contributed by atoms with van der Waals surface area (Å²) in [4.78, 5) is 2.60. The molecule has 110 valence electrons. The highest BCUT2D eigenvalue weighted by Crippen LogP contribution is 2.36. The molecule has 2 heterocycles. The average Bonchev–Trinajstić information content (AvgIpc) is 3.01. The van der Waals surface area contributed by atoms with Gasteiger partial charge < -0.3 is 5.32 Å². The molecule has 1 N–H and O–H groups in total. The third-order valence-corrected chi connectivity index (χ3v) is 5.91. The van der Waals surface area contributed by atoms with Crippen molar-refractivity contribution in [2.75, 3.05) is 13.1 Å². The number of nitrogens with zero attached hydrogens (tertiary/aromatic N) is 1. The first-order chi connectivity index (χ1) is 9.58. The zero-order valence-corrected chi connectivity index (χ0v) is 13.8. The lowest BCUT2D eigenvalue weighted by atomic mass is 10.0. The molecule has 1 aromatic rings. The molecule has 3 rings (SSSR count). The fourth-order valence-corrected chi connectivity index (χ4v) is 4.27. The quantitative estimate of drug-likeness (QED) is 0.817. The van der Waals surface area contributed by atoms with Gasteiger partial charge in [-0.2, -0.15) is 0 Å². The predicted octanol–water partition coefficient (Wildman–Crippen LogP) is 4.53. The average molecular weight is 334 g/mol. The van der Waals surface area contributed by atoms with Gasteiger partial charge in [-0.25, -0.2) is 0 Å². The second kappa shape index (κ2) is 6.02. The maximum absolute atomic E-state index is 6.32. The predicted molar refractivity (Wildman–Crippen MR) is 86.0 cm³/mol. The molecule has 2 saturated heterocycles. The van der Waals surface area contributed by atoms with Crippen LogP contribution in [0.1, 0.15) is 37.8 Å². The van der Waals surface area contributed by atoms with Crippen LogP contribution in [-0.2, 0) is 0 Å². The fraction of sp³-hybridized carbons (Fsp3) is 0.600. The van der Waals surface area contributed by atoms with Crippen LogP contribution in [0.4, 0.5) is 0 Å². The van der Waals surface area contributed by atoms with Crippen LogP contribution in [0, 0.1) is 0 Å². The SMILES string of the molecule is CC(NC1CCN2CCCC12)c1ccc(Cl)c(Cl)c1Cl. The number of benzene rings is 1. The number of hydrogen-bond acceptors (Lipinski definition) is 2. The highest BCUT2D eigenvalue weighted by Gasteiger charge is 2.37. The van der Waals surface area contributed by atoms with Crippen molar-refractivity contribution in [3.8, 4) is 0 Å². The summed E-state index contributed by atoms with van der Waals surface area (Å²) in [6.07, 6.45) is 3.85. The van der Waals surface area contributed by atoms with Gasteiger partial charge in [-0.05, 0) is 44.4 Å². The van der Waals surface area contributed by atoms with Gasteiger partial charge in [-0.15, -0.1) is 0 Å². The maximum Gasteiger partial charge on any atom is 0.0781 e. The molecule has 2 aliphatic heterocycles. The van der Waals surface area contributed by atoms with Crippen molar-refractivity contribution in [1.29, 1.82) is 0 Å². The number of nitrogens with one attached hydrogen (secondary N) is 1.